The van der Waals surface area contributed by atoms with Crippen molar-refractivity contribution in [3.8, 4) is 22.3 Å². The maximum absolute atomic E-state index is 2.38. The normalized spacial score (nSPS) is 11.1. The van der Waals surface area contributed by atoms with Gasteiger partial charge in [0.15, 0.2) is 0 Å². The van der Waals surface area contributed by atoms with Crippen LogP contribution in [-0.2, 0) is 0 Å². The van der Waals surface area contributed by atoms with Crippen LogP contribution in [0.1, 0.15) is 0 Å². The number of nitrogens with zero attached hydrogens (tertiary/aromatic N) is 2. The van der Waals surface area contributed by atoms with Gasteiger partial charge in [-0.3, -0.25) is 0 Å². The second-order valence-corrected chi connectivity index (χ2v) is 13.0. The molecule has 2 nitrogen and oxygen atoms in total. The van der Waals surface area contributed by atoms with Crippen LogP contribution in [0.25, 0.3) is 43.8 Å². The first-order valence-electron chi connectivity index (χ1n) is 17.8. The Kier molecular flexibility index (Phi) is 8.24. The number of benzene rings is 9. The molecule has 0 saturated heterocycles. The highest BCUT2D eigenvalue weighted by Crippen LogP contribution is 2.45. The third kappa shape index (κ3) is 5.97. The van der Waals surface area contributed by atoms with E-state index in [1.807, 2.05) is 0 Å². The van der Waals surface area contributed by atoms with Crippen molar-refractivity contribution in [2.24, 2.45) is 0 Å². The van der Waals surface area contributed by atoms with Gasteiger partial charge in [0, 0.05) is 34.0 Å². The van der Waals surface area contributed by atoms with Gasteiger partial charge in [-0.1, -0.05) is 152 Å². The van der Waals surface area contributed by atoms with Gasteiger partial charge < -0.3 is 9.80 Å². The summed E-state index contributed by atoms with van der Waals surface area (Å²) in [6.45, 7) is 0. The Hall–Kier alpha value is -6.90. The molecule has 0 fully saturated rings. The van der Waals surface area contributed by atoms with Crippen LogP contribution in [0.3, 0.4) is 0 Å². The fourth-order valence-electron chi connectivity index (χ4n) is 7.30. The Balaban J connectivity index is 1.19. The molecule has 0 spiro atoms. The van der Waals surface area contributed by atoms with E-state index in [0.29, 0.717) is 0 Å². The van der Waals surface area contributed by atoms with Gasteiger partial charge >= 0.3 is 0 Å². The fraction of sp³-hybridized carbons (Fsp3) is 0. The third-order valence-electron chi connectivity index (χ3n) is 9.81. The molecule has 0 aliphatic heterocycles. The molecule has 2 heteroatoms. The molecule has 0 heterocycles. The van der Waals surface area contributed by atoms with Gasteiger partial charge in [-0.2, -0.15) is 0 Å². The number of fused-ring (bicyclic) bond motifs is 2. The van der Waals surface area contributed by atoms with Crippen LogP contribution >= 0.6 is 0 Å². The summed E-state index contributed by atoms with van der Waals surface area (Å²) in [4.78, 5) is 4.72. The summed E-state index contributed by atoms with van der Waals surface area (Å²) >= 11 is 0. The minimum absolute atomic E-state index is 1.10. The maximum Gasteiger partial charge on any atom is 0.0546 e. The number of hydrogen-bond donors (Lipinski definition) is 0. The Bertz CT molecular complexity index is 2600. The zero-order chi connectivity index (χ0) is 34.7. The molecule has 0 aliphatic rings. The molecule has 0 amide bonds. The summed E-state index contributed by atoms with van der Waals surface area (Å²) in [5, 5.41) is 4.87. The van der Waals surface area contributed by atoms with Crippen molar-refractivity contribution in [2.45, 2.75) is 0 Å². The Morgan fingerprint density at radius 1 is 0.250 bits per heavy atom. The number of hydrogen-bond acceptors (Lipinski definition) is 2. The van der Waals surface area contributed by atoms with Crippen LogP contribution < -0.4 is 9.80 Å². The topological polar surface area (TPSA) is 6.48 Å². The molecule has 9 aromatic carbocycles. The van der Waals surface area contributed by atoms with Gasteiger partial charge in [0.05, 0.1) is 5.69 Å². The minimum atomic E-state index is 1.10. The lowest BCUT2D eigenvalue weighted by Crippen LogP contribution is -2.11. The van der Waals surface area contributed by atoms with Crippen LogP contribution in [0.2, 0.25) is 0 Å². The largest absolute Gasteiger partial charge is 0.310 e. The van der Waals surface area contributed by atoms with Gasteiger partial charge in [0.1, 0.15) is 0 Å². The smallest absolute Gasteiger partial charge is 0.0546 e. The summed E-state index contributed by atoms with van der Waals surface area (Å²) in [7, 11) is 0. The molecule has 9 rings (SSSR count). The van der Waals surface area contributed by atoms with E-state index in [4.69, 9.17) is 0 Å². The molecule has 9 aromatic rings. The zero-order valence-corrected chi connectivity index (χ0v) is 28.7. The van der Waals surface area contributed by atoms with Crippen molar-refractivity contribution in [3.63, 3.8) is 0 Å². The molecule has 0 saturated carbocycles. The Morgan fingerprint density at radius 3 is 1.37 bits per heavy atom. The van der Waals surface area contributed by atoms with E-state index in [9.17, 15) is 0 Å². The van der Waals surface area contributed by atoms with Gasteiger partial charge in [-0.25, -0.2) is 0 Å². The number of anilines is 6. The van der Waals surface area contributed by atoms with Crippen LogP contribution in [-0.4, -0.2) is 0 Å². The lowest BCUT2D eigenvalue weighted by atomic mass is 9.94. The molecule has 0 aromatic heterocycles. The van der Waals surface area contributed by atoms with E-state index < -0.39 is 0 Å². The maximum atomic E-state index is 2.38. The molecule has 0 aliphatic carbocycles. The second-order valence-electron chi connectivity index (χ2n) is 13.0. The van der Waals surface area contributed by atoms with Crippen molar-refractivity contribution < 1.29 is 0 Å². The zero-order valence-electron chi connectivity index (χ0n) is 28.7. The molecule has 0 bridgehead atoms. The van der Waals surface area contributed by atoms with Crippen LogP contribution in [0, 0.1) is 0 Å². The van der Waals surface area contributed by atoms with Crippen molar-refractivity contribution in [2.75, 3.05) is 9.80 Å². The van der Waals surface area contributed by atoms with Crippen molar-refractivity contribution >= 4 is 55.7 Å². The molecule has 52 heavy (non-hydrogen) atoms. The van der Waals surface area contributed by atoms with Crippen LogP contribution in [0.4, 0.5) is 34.1 Å². The minimum Gasteiger partial charge on any atom is -0.310 e. The van der Waals surface area contributed by atoms with E-state index >= 15 is 0 Å². The van der Waals surface area contributed by atoms with Crippen molar-refractivity contribution in [1.82, 2.24) is 0 Å². The highest BCUT2D eigenvalue weighted by atomic mass is 15.1. The van der Waals surface area contributed by atoms with Crippen LogP contribution in [0.5, 0.6) is 0 Å². The SMILES string of the molecule is c1ccc(-c2ccc(N(c3ccccc3)c3ccc4ccccc4c3-c3ccc(N(c4ccccc4)c4ccc5ccccc5c4)cc3)cc2)cc1. The molecule has 246 valence electrons. The van der Waals surface area contributed by atoms with Crippen molar-refractivity contribution in [1.29, 1.82) is 0 Å². The van der Waals surface area contributed by atoms with Gasteiger partial charge in [0.25, 0.3) is 0 Å². The summed E-state index contributed by atoms with van der Waals surface area (Å²) in [6.07, 6.45) is 0. The average Bonchev–Trinajstić information content (AvgIpc) is 3.23. The van der Waals surface area contributed by atoms with E-state index in [1.165, 1.54) is 38.2 Å². The molecule has 0 N–H and O–H groups in total. The first kappa shape index (κ1) is 31.1. The monoisotopic (exact) mass is 664 g/mol. The molecular formula is C50H36N2. The second kappa shape index (κ2) is 13.8. The van der Waals surface area contributed by atoms with Gasteiger partial charge in [0.2, 0.25) is 0 Å². The summed E-state index contributed by atoms with van der Waals surface area (Å²) in [5.41, 5.74) is 11.4. The van der Waals surface area contributed by atoms with E-state index in [1.54, 1.807) is 0 Å². The lowest BCUT2D eigenvalue weighted by Gasteiger charge is -2.29. The first-order chi connectivity index (χ1) is 25.8. The summed E-state index contributed by atoms with van der Waals surface area (Å²) in [6, 6.07) is 78.3. The summed E-state index contributed by atoms with van der Waals surface area (Å²) < 4.78 is 0. The van der Waals surface area contributed by atoms with Crippen molar-refractivity contribution in [3.05, 3.63) is 218 Å². The first-order valence-corrected chi connectivity index (χ1v) is 17.8. The van der Waals surface area contributed by atoms with E-state index in [2.05, 4.69) is 228 Å². The summed E-state index contributed by atoms with van der Waals surface area (Å²) in [5.74, 6) is 0. The predicted octanol–water partition coefficient (Wildman–Crippen LogP) is 14.3. The van der Waals surface area contributed by atoms with Crippen LogP contribution in [0.15, 0.2) is 218 Å². The number of para-hydroxylation sites is 2. The third-order valence-corrected chi connectivity index (χ3v) is 9.81. The molecule has 0 atom stereocenters. The Labute approximate surface area is 305 Å². The highest BCUT2D eigenvalue weighted by Gasteiger charge is 2.20. The molecular weight excluding hydrogens is 629 g/mol. The fourth-order valence-corrected chi connectivity index (χ4v) is 7.30. The predicted molar refractivity (Wildman–Crippen MR) is 222 cm³/mol. The van der Waals surface area contributed by atoms with E-state index in [-0.39, 0.29) is 0 Å². The molecule has 0 radical (unpaired) electrons. The quantitative estimate of drug-likeness (QED) is 0.159. The average molecular weight is 665 g/mol. The van der Waals surface area contributed by atoms with Gasteiger partial charge in [-0.15, -0.1) is 0 Å². The standard InChI is InChI=1S/C50H36N2/c1-4-14-37(15-5-1)39-24-30-46(31-25-39)52(44-21-8-3-9-22-44)49-35-29-40-17-12-13-23-48(40)50(49)41-27-32-45(33-28-41)51(43-19-6-2-7-20-43)47-34-26-38-16-10-11-18-42(38)36-47/h1-36H. The van der Waals surface area contributed by atoms with E-state index in [0.717, 1.165) is 39.7 Å². The van der Waals surface area contributed by atoms with Gasteiger partial charge in [-0.05, 0) is 105 Å². The highest BCUT2D eigenvalue weighted by molar-refractivity contribution is 6.05. The lowest BCUT2D eigenvalue weighted by molar-refractivity contribution is 1.28. The molecule has 0 unspecified atom stereocenters. The number of rotatable bonds is 8. The Morgan fingerprint density at radius 2 is 0.692 bits per heavy atom.